The topological polar surface area (TPSA) is 73.9 Å². The number of ether oxygens (including phenoxy) is 1. The highest BCUT2D eigenvalue weighted by Crippen LogP contribution is 2.20. The van der Waals surface area contributed by atoms with Crippen molar-refractivity contribution in [3.8, 4) is 17.1 Å². The molecule has 0 aliphatic rings. The van der Waals surface area contributed by atoms with Gasteiger partial charge in [-0.05, 0) is 18.6 Å². The summed E-state index contributed by atoms with van der Waals surface area (Å²) in [5.41, 5.74) is 8.41. The Hall–Kier alpha value is -2.17. The summed E-state index contributed by atoms with van der Waals surface area (Å²) in [6.07, 6.45) is 5.09. The SMILES string of the molecule is COc1ncc(-c2cnc(N)c(C)c2)cn1. The van der Waals surface area contributed by atoms with Gasteiger partial charge in [0.25, 0.3) is 0 Å². The Morgan fingerprint density at radius 1 is 1.06 bits per heavy atom. The monoisotopic (exact) mass is 216 g/mol. The van der Waals surface area contributed by atoms with Gasteiger partial charge in [-0.2, -0.15) is 0 Å². The van der Waals surface area contributed by atoms with Crippen molar-refractivity contribution in [2.75, 3.05) is 12.8 Å². The first-order chi connectivity index (χ1) is 7.70. The van der Waals surface area contributed by atoms with Crippen LogP contribution in [0.25, 0.3) is 11.1 Å². The van der Waals surface area contributed by atoms with Gasteiger partial charge in [0.1, 0.15) is 5.82 Å². The Bertz CT molecular complexity index is 496. The van der Waals surface area contributed by atoms with E-state index in [1.807, 2.05) is 13.0 Å². The second-order valence-corrected chi connectivity index (χ2v) is 3.38. The van der Waals surface area contributed by atoms with Crippen LogP contribution in [0, 0.1) is 6.92 Å². The van der Waals surface area contributed by atoms with Gasteiger partial charge >= 0.3 is 6.01 Å². The number of rotatable bonds is 2. The molecule has 2 aromatic heterocycles. The fourth-order valence-electron chi connectivity index (χ4n) is 1.31. The number of nitrogens with zero attached hydrogens (tertiary/aromatic N) is 3. The molecule has 2 rings (SSSR count). The van der Waals surface area contributed by atoms with Crippen molar-refractivity contribution >= 4 is 5.82 Å². The lowest BCUT2D eigenvalue weighted by Crippen LogP contribution is -1.95. The quantitative estimate of drug-likeness (QED) is 0.822. The summed E-state index contributed by atoms with van der Waals surface area (Å²) in [4.78, 5) is 12.2. The van der Waals surface area contributed by atoms with Gasteiger partial charge in [0.05, 0.1) is 7.11 Å². The Balaban J connectivity index is 2.38. The Labute approximate surface area is 93.3 Å². The third-order valence-corrected chi connectivity index (χ3v) is 2.26. The molecule has 2 N–H and O–H groups in total. The van der Waals surface area contributed by atoms with Gasteiger partial charge in [0.15, 0.2) is 0 Å². The van der Waals surface area contributed by atoms with Crippen molar-refractivity contribution in [2.24, 2.45) is 0 Å². The average molecular weight is 216 g/mol. The molecule has 2 aromatic rings. The first-order valence-corrected chi connectivity index (χ1v) is 4.79. The highest BCUT2D eigenvalue weighted by Gasteiger charge is 2.03. The van der Waals surface area contributed by atoms with E-state index in [0.717, 1.165) is 16.7 Å². The van der Waals surface area contributed by atoms with Gasteiger partial charge < -0.3 is 10.5 Å². The maximum absolute atomic E-state index is 5.65. The number of aromatic nitrogens is 3. The zero-order valence-corrected chi connectivity index (χ0v) is 9.14. The minimum Gasteiger partial charge on any atom is -0.467 e. The molecule has 0 aromatic carbocycles. The van der Waals surface area contributed by atoms with E-state index in [-0.39, 0.29) is 0 Å². The molecular formula is C11H12N4O. The summed E-state index contributed by atoms with van der Waals surface area (Å²) in [5, 5.41) is 0. The minimum atomic E-state index is 0.351. The molecule has 0 saturated heterocycles. The van der Waals surface area contributed by atoms with Crippen LogP contribution in [-0.4, -0.2) is 22.1 Å². The predicted molar refractivity (Wildman–Crippen MR) is 61.0 cm³/mol. The van der Waals surface area contributed by atoms with Crippen LogP contribution in [-0.2, 0) is 0 Å². The van der Waals surface area contributed by atoms with Crippen LogP contribution in [0.2, 0.25) is 0 Å². The summed E-state index contributed by atoms with van der Waals surface area (Å²) in [7, 11) is 1.53. The van der Waals surface area contributed by atoms with Crippen molar-refractivity contribution in [1.82, 2.24) is 15.0 Å². The predicted octanol–water partition coefficient (Wildman–Crippen LogP) is 1.44. The molecule has 2 heterocycles. The number of anilines is 1. The zero-order chi connectivity index (χ0) is 11.5. The van der Waals surface area contributed by atoms with E-state index in [2.05, 4.69) is 15.0 Å². The molecule has 82 valence electrons. The van der Waals surface area contributed by atoms with E-state index in [4.69, 9.17) is 10.5 Å². The normalized spacial score (nSPS) is 10.1. The van der Waals surface area contributed by atoms with E-state index in [9.17, 15) is 0 Å². The number of hydrogen-bond acceptors (Lipinski definition) is 5. The van der Waals surface area contributed by atoms with Crippen LogP contribution in [0.4, 0.5) is 5.82 Å². The lowest BCUT2D eigenvalue weighted by molar-refractivity contribution is 0.380. The van der Waals surface area contributed by atoms with Crippen molar-refractivity contribution in [3.63, 3.8) is 0 Å². The van der Waals surface area contributed by atoms with Gasteiger partial charge in [0, 0.05) is 29.7 Å². The number of hydrogen-bond donors (Lipinski definition) is 1. The average Bonchev–Trinajstić information content (AvgIpc) is 2.33. The fourth-order valence-corrected chi connectivity index (χ4v) is 1.31. The van der Waals surface area contributed by atoms with Crippen LogP contribution in [0.1, 0.15) is 5.56 Å². The van der Waals surface area contributed by atoms with E-state index in [1.54, 1.807) is 18.6 Å². The number of nitrogens with two attached hydrogens (primary N) is 1. The van der Waals surface area contributed by atoms with Crippen molar-refractivity contribution in [3.05, 3.63) is 30.2 Å². The highest BCUT2D eigenvalue weighted by atomic mass is 16.5. The fraction of sp³-hybridized carbons (Fsp3) is 0.182. The first-order valence-electron chi connectivity index (χ1n) is 4.79. The molecule has 0 spiro atoms. The number of methoxy groups -OCH3 is 1. The van der Waals surface area contributed by atoms with E-state index in [0.29, 0.717) is 11.8 Å². The summed E-state index contributed by atoms with van der Waals surface area (Å²) in [5.74, 6) is 0.540. The van der Waals surface area contributed by atoms with E-state index >= 15 is 0 Å². The second kappa shape index (κ2) is 4.14. The Morgan fingerprint density at radius 2 is 1.69 bits per heavy atom. The van der Waals surface area contributed by atoms with Gasteiger partial charge in [-0.25, -0.2) is 15.0 Å². The Kier molecular flexibility index (Phi) is 2.68. The molecule has 0 amide bonds. The third-order valence-electron chi connectivity index (χ3n) is 2.26. The number of aryl methyl sites for hydroxylation is 1. The smallest absolute Gasteiger partial charge is 0.316 e. The van der Waals surface area contributed by atoms with Gasteiger partial charge in [-0.1, -0.05) is 0 Å². The van der Waals surface area contributed by atoms with Crippen LogP contribution in [0.15, 0.2) is 24.7 Å². The van der Waals surface area contributed by atoms with Crippen LogP contribution in [0.3, 0.4) is 0 Å². The highest BCUT2D eigenvalue weighted by molar-refractivity contribution is 5.63. The third kappa shape index (κ3) is 1.93. The van der Waals surface area contributed by atoms with Gasteiger partial charge in [0.2, 0.25) is 0 Å². The van der Waals surface area contributed by atoms with Crippen LogP contribution < -0.4 is 10.5 Å². The summed E-state index contributed by atoms with van der Waals surface area (Å²) < 4.78 is 4.89. The standard InChI is InChI=1S/C11H12N4O/c1-7-3-8(4-13-10(7)12)9-5-14-11(16-2)15-6-9/h3-6H,1-2H3,(H2,12,13). The molecule has 5 heteroatoms. The molecule has 0 aliphatic carbocycles. The van der Waals surface area contributed by atoms with Crippen molar-refractivity contribution in [2.45, 2.75) is 6.92 Å². The molecule has 0 bridgehead atoms. The molecule has 5 nitrogen and oxygen atoms in total. The maximum Gasteiger partial charge on any atom is 0.316 e. The lowest BCUT2D eigenvalue weighted by Gasteiger charge is -2.04. The maximum atomic E-state index is 5.65. The van der Waals surface area contributed by atoms with E-state index in [1.165, 1.54) is 7.11 Å². The summed E-state index contributed by atoms with van der Waals surface area (Å²) >= 11 is 0. The zero-order valence-electron chi connectivity index (χ0n) is 9.14. The molecular weight excluding hydrogens is 204 g/mol. The second-order valence-electron chi connectivity index (χ2n) is 3.38. The van der Waals surface area contributed by atoms with Crippen molar-refractivity contribution < 1.29 is 4.74 Å². The Morgan fingerprint density at radius 3 is 2.25 bits per heavy atom. The number of pyridine rings is 1. The van der Waals surface area contributed by atoms with Crippen LogP contribution >= 0.6 is 0 Å². The molecule has 0 unspecified atom stereocenters. The summed E-state index contributed by atoms with van der Waals surface area (Å²) in [6, 6.07) is 2.30. The first kappa shape index (κ1) is 10.4. The number of nitrogen functional groups attached to an aromatic ring is 1. The molecule has 0 saturated carbocycles. The molecule has 0 fully saturated rings. The summed E-state index contributed by atoms with van der Waals surface area (Å²) in [6.45, 7) is 1.91. The van der Waals surface area contributed by atoms with Crippen molar-refractivity contribution in [1.29, 1.82) is 0 Å². The van der Waals surface area contributed by atoms with Gasteiger partial charge in [-0.3, -0.25) is 0 Å². The lowest BCUT2D eigenvalue weighted by atomic mass is 10.1. The molecule has 0 aliphatic heterocycles. The van der Waals surface area contributed by atoms with Gasteiger partial charge in [-0.15, -0.1) is 0 Å². The molecule has 16 heavy (non-hydrogen) atoms. The van der Waals surface area contributed by atoms with E-state index < -0.39 is 0 Å². The largest absolute Gasteiger partial charge is 0.467 e. The molecule has 0 radical (unpaired) electrons. The van der Waals surface area contributed by atoms with Crippen LogP contribution in [0.5, 0.6) is 6.01 Å². The molecule has 0 atom stereocenters. The minimum absolute atomic E-state index is 0.351.